The van der Waals surface area contributed by atoms with Crippen LogP contribution in [0.2, 0.25) is 0 Å². The zero-order chi connectivity index (χ0) is 18.5. The van der Waals surface area contributed by atoms with Gasteiger partial charge in [-0.2, -0.15) is 0 Å². The largest absolute Gasteiger partial charge is 0.496 e. The van der Waals surface area contributed by atoms with E-state index in [-0.39, 0.29) is 6.04 Å². The highest BCUT2D eigenvalue weighted by molar-refractivity contribution is 5.97. The van der Waals surface area contributed by atoms with E-state index in [0.29, 0.717) is 0 Å². The number of benzene rings is 2. The highest BCUT2D eigenvalue weighted by Gasteiger charge is 2.24. The van der Waals surface area contributed by atoms with Crippen LogP contribution in [0.5, 0.6) is 5.75 Å². The predicted octanol–water partition coefficient (Wildman–Crippen LogP) is 2.94. The Hall–Kier alpha value is -2.53. The van der Waals surface area contributed by atoms with Crippen molar-refractivity contribution >= 4 is 11.6 Å². The van der Waals surface area contributed by atoms with Crippen molar-refractivity contribution in [2.24, 2.45) is 4.99 Å². The summed E-state index contributed by atoms with van der Waals surface area (Å²) in [5.41, 5.74) is 3.80. The molecule has 1 aliphatic rings. The molecule has 1 N–H and O–H groups in total. The Balaban J connectivity index is 1.77. The molecule has 1 unspecified atom stereocenters. The summed E-state index contributed by atoms with van der Waals surface area (Å²) in [5.74, 6) is 1.83. The van der Waals surface area contributed by atoms with Crippen LogP contribution in [-0.2, 0) is 6.42 Å². The van der Waals surface area contributed by atoms with Crippen molar-refractivity contribution in [3.63, 3.8) is 0 Å². The molecule has 0 fully saturated rings. The van der Waals surface area contributed by atoms with E-state index < -0.39 is 0 Å². The molecule has 0 spiro atoms. The third kappa shape index (κ3) is 3.68. The Morgan fingerprint density at radius 1 is 1.19 bits per heavy atom. The zero-order valence-corrected chi connectivity index (χ0v) is 16.1. The number of fused-ring (bicyclic) bond motifs is 1. The van der Waals surface area contributed by atoms with Crippen LogP contribution < -0.4 is 15.0 Å². The number of guanidine groups is 1. The number of anilines is 1. The van der Waals surface area contributed by atoms with Crippen LogP contribution in [0.25, 0.3) is 0 Å². The summed E-state index contributed by atoms with van der Waals surface area (Å²) < 4.78 is 5.56. The van der Waals surface area contributed by atoms with E-state index in [1.807, 2.05) is 19.2 Å². The molecule has 1 aliphatic heterocycles. The van der Waals surface area contributed by atoms with Gasteiger partial charge in [-0.3, -0.25) is 4.99 Å². The van der Waals surface area contributed by atoms with Crippen molar-refractivity contribution in [3.05, 3.63) is 59.7 Å². The molecule has 138 valence electrons. The number of nitrogens with zero attached hydrogens (tertiary/aromatic N) is 3. The van der Waals surface area contributed by atoms with Crippen LogP contribution in [0.3, 0.4) is 0 Å². The van der Waals surface area contributed by atoms with Gasteiger partial charge in [0.15, 0.2) is 5.96 Å². The van der Waals surface area contributed by atoms with Gasteiger partial charge in [0.2, 0.25) is 0 Å². The van der Waals surface area contributed by atoms with Gasteiger partial charge in [-0.25, -0.2) is 0 Å². The molecule has 0 saturated heterocycles. The Morgan fingerprint density at radius 2 is 1.92 bits per heavy atom. The summed E-state index contributed by atoms with van der Waals surface area (Å²) in [7, 11) is 7.75. The van der Waals surface area contributed by atoms with Gasteiger partial charge in [-0.1, -0.05) is 36.4 Å². The topological polar surface area (TPSA) is 40.1 Å². The summed E-state index contributed by atoms with van der Waals surface area (Å²) in [6.45, 7) is 1.71. The van der Waals surface area contributed by atoms with Crippen LogP contribution in [0, 0.1) is 0 Å². The summed E-state index contributed by atoms with van der Waals surface area (Å²) in [5, 5.41) is 3.56. The number of hydrogen-bond acceptors (Lipinski definition) is 3. The second-order valence-electron chi connectivity index (χ2n) is 6.68. The van der Waals surface area contributed by atoms with Gasteiger partial charge in [0, 0.05) is 31.4 Å². The quantitative estimate of drug-likeness (QED) is 0.663. The first-order chi connectivity index (χ1) is 12.7. The lowest BCUT2D eigenvalue weighted by atomic mass is 10.0. The average molecular weight is 352 g/mol. The maximum absolute atomic E-state index is 5.56. The summed E-state index contributed by atoms with van der Waals surface area (Å²) in [6.07, 6.45) is 1.06. The number of rotatable bonds is 5. The van der Waals surface area contributed by atoms with Gasteiger partial charge >= 0.3 is 0 Å². The zero-order valence-electron chi connectivity index (χ0n) is 16.1. The second kappa shape index (κ2) is 8.23. The van der Waals surface area contributed by atoms with Crippen LogP contribution in [-0.4, -0.2) is 52.2 Å². The van der Waals surface area contributed by atoms with E-state index in [0.717, 1.165) is 31.2 Å². The molecule has 1 atom stereocenters. The van der Waals surface area contributed by atoms with E-state index >= 15 is 0 Å². The third-order valence-electron chi connectivity index (χ3n) is 4.93. The monoisotopic (exact) mass is 352 g/mol. The van der Waals surface area contributed by atoms with Gasteiger partial charge in [-0.15, -0.1) is 0 Å². The molecule has 2 aromatic carbocycles. The first-order valence-electron chi connectivity index (χ1n) is 9.01. The maximum Gasteiger partial charge on any atom is 0.198 e. The highest BCUT2D eigenvalue weighted by atomic mass is 16.5. The fourth-order valence-corrected chi connectivity index (χ4v) is 3.55. The minimum atomic E-state index is 0.181. The molecule has 0 aliphatic carbocycles. The van der Waals surface area contributed by atoms with Crippen LogP contribution in [0.15, 0.2) is 53.5 Å². The Morgan fingerprint density at radius 3 is 2.65 bits per heavy atom. The number of methoxy groups -OCH3 is 1. The minimum absolute atomic E-state index is 0.181. The molecule has 0 bridgehead atoms. The lowest BCUT2D eigenvalue weighted by molar-refractivity contribution is 0.288. The number of para-hydroxylation sites is 2. The molecule has 5 nitrogen and oxygen atoms in total. The first kappa shape index (κ1) is 18.3. The molecule has 5 heteroatoms. The van der Waals surface area contributed by atoms with Gasteiger partial charge in [-0.05, 0) is 38.2 Å². The third-order valence-corrected chi connectivity index (χ3v) is 4.93. The number of nitrogens with one attached hydrogen (secondary N) is 1. The Bertz CT molecular complexity index is 772. The molecule has 0 radical (unpaired) electrons. The minimum Gasteiger partial charge on any atom is -0.496 e. The van der Waals surface area contributed by atoms with Crippen LogP contribution in [0.1, 0.15) is 17.2 Å². The van der Waals surface area contributed by atoms with Gasteiger partial charge in [0.25, 0.3) is 0 Å². The fraction of sp³-hybridized carbons (Fsp3) is 0.381. The van der Waals surface area contributed by atoms with Gasteiger partial charge in [0.1, 0.15) is 5.75 Å². The number of hydrogen-bond donors (Lipinski definition) is 1. The Kier molecular flexibility index (Phi) is 5.78. The number of ether oxygens (including phenoxy) is 1. The standard InChI is InChI=1S/C21H28N4O/c1-22-21(25-14-13-16-9-5-7-11-18(16)25)23-15-19(24(2)3)17-10-6-8-12-20(17)26-4/h5-12,19H,13-15H2,1-4H3,(H,22,23). The highest BCUT2D eigenvalue weighted by Crippen LogP contribution is 2.29. The molecule has 26 heavy (non-hydrogen) atoms. The second-order valence-corrected chi connectivity index (χ2v) is 6.68. The summed E-state index contributed by atoms with van der Waals surface area (Å²) in [4.78, 5) is 8.99. The molecular formula is C21H28N4O. The average Bonchev–Trinajstić information content (AvgIpc) is 3.09. The van der Waals surface area contributed by atoms with Crippen molar-refractivity contribution in [1.82, 2.24) is 10.2 Å². The van der Waals surface area contributed by atoms with Crippen LogP contribution in [0.4, 0.5) is 5.69 Å². The SMILES string of the molecule is CN=C(NCC(c1ccccc1OC)N(C)C)N1CCc2ccccc21. The normalized spacial score (nSPS) is 15.1. The molecule has 1 heterocycles. The van der Waals surface area contributed by atoms with E-state index in [1.54, 1.807) is 7.11 Å². The molecule has 3 rings (SSSR count). The van der Waals surface area contributed by atoms with E-state index in [2.05, 4.69) is 70.6 Å². The lowest BCUT2D eigenvalue weighted by Gasteiger charge is -2.29. The summed E-state index contributed by atoms with van der Waals surface area (Å²) >= 11 is 0. The van der Waals surface area contributed by atoms with Gasteiger partial charge < -0.3 is 19.9 Å². The Labute approximate surface area is 156 Å². The van der Waals surface area contributed by atoms with Crippen molar-refractivity contribution in [1.29, 1.82) is 0 Å². The number of likely N-dealkylation sites (N-methyl/N-ethyl adjacent to an activating group) is 1. The molecule has 0 amide bonds. The fourth-order valence-electron chi connectivity index (χ4n) is 3.55. The van der Waals surface area contributed by atoms with Gasteiger partial charge in [0.05, 0.1) is 13.2 Å². The lowest BCUT2D eigenvalue weighted by Crippen LogP contribution is -2.44. The van der Waals surface area contributed by atoms with E-state index in [9.17, 15) is 0 Å². The predicted molar refractivity (Wildman–Crippen MR) is 108 cm³/mol. The van der Waals surface area contributed by atoms with E-state index in [1.165, 1.54) is 16.8 Å². The molecule has 2 aromatic rings. The smallest absolute Gasteiger partial charge is 0.198 e. The van der Waals surface area contributed by atoms with Crippen LogP contribution >= 0.6 is 0 Å². The van der Waals surface area contributed by atoms with Crippen molar-refractivity contribution < 1.29 is 4.74 Å². The number of aliphatic imine (C=N–C) groups is 1. The molecule has 0 saturated carbocycles. The maximum atomic E-state index is 5.56. The summed E-state index contributed by atoms with van der Waals surface area (Å²) in [6, 6.07) is 16.9. The van der Waals surface area contributed by atoms with E-state index in [4.69, 9.17) is 4.74 Å². The van der Waals surface area contributed by atoms with Crippen molar-refractivity contribution in [2.45, 2.75) is 12.5 Å². The molecular weight excluding hydrogens is 324 g/mol. The first-order valence-corrected chi connectivity index (χ1v) is 9.01. The van der Waals surface area contributed by atoms with Crippen molar-refractivity contribution in [3.8, 4) is 5.75 Å². The molecule has 0 aromatic heterocycles. The van der Waals surface area contributed by atoms with Crippen molar-refractivity contribution in [2.75, 3.05) is 46.2 Å².